The van der Waals surface area contributed by atoms with E-state index >= 15 is 0 Å². The lowest BCUT2D eigenvalue weighted by atomic mass is 10.1. The molecule has 0 aliphatic rings. The average Bonchev–Trinajstić information content (AvgIpc) is 2.71. The maximum Gasteiger partial charge on any atom is 0.195 e. The molecule has 19 heavy (non-hydrogen) atoms. The number of allylic oxidation sites excluding steroid dienone is 1. The summed E-state index contributed by atoms with van der Waals surface area (Å²) in [6.07, 6.45) is 1.79. The number of aryl methyl sites for hydroxylation is 2. The summed E-state index contributed by atoms with van der Waals surface area (Å²) >= 11 is 5.16. The van der Waals surface area contributed by atoms with Crippen molar-refractivity contribution in [1.29, 1.82) is 0 Å². The third-order valence-corrected chi connectivity index (χ3v) is 3.22. The Bertz CT molecular complexity index is 622. The van der Waals surface area contributed by atoms with E-state index in [0.717, 1.165) is 22.7 Å². The van der Waals surface area contributed by atoms with Gasteiger partial charge >= 0.3 is 0 Å². The second kappa shape index (κ2) is 5.84. The topological polar surface area (TPSA) is 42.8 Å². The number of nitrogens with zero attached hydrogens (tertiary/aromatic N) is 2. The largest absolute Gasteiger partial charge is 0.485 e. The Hall–Kier alpha value is -1.88. The van der Waals surface area contributed by atoms with Crippen molar-refractivity contribution < 1.29 is 4.74 Å². The molecule has 1 N–H and O–H groups in total. The van der Waals surface area contributed by atoms with E-state index in [0.29, 0.717) is 17.9 Å². The number of hydrogen-bond donors (Lipinski definition) is 1. The summed E-state index contributed by atoms with van der Waals surface area (Å²) < 4.78 is 8.32. The van der Waals surface area contributed by atoms with Crippen LogP contribution in [0.2, 0.25) is 0 Å². The lowest BCUT2D eigenvalue weighted by molar-refractivity contribution is 0.286. The molecule has 1 aromatic carbocycles. The monoisotopic (exact) mass is 275 g/mol. The fourth-order valence-corrected chi connectivity index (χ4v) is 2.17. The first-order valence-electron chi connectivity index (χ1n) is 6.07. The molecule has 0 saturated carbocycles. The molecule has 0 aliphatic heterocycles. The number of aromatic amines is 1. The molecule has 5 heteroatoms. The number of rotatable bonds is 5. The van der Waals surface area contributed by atoms with Crippen LogP contribution in [0.25, 0.3) is 0 Å². The van der Waals surface area contributed by atoms with Crippen LogP contribution in [-0.2, 0) is 13.2 Å². The normalized spacial score (nSPS) is 10.4. The van der Waals surface area contributed by atoms with E-state index in [9.17, 15) is 0 Å². The van der Waals surface area contributed by atoms with E-state index in [1.165, 1.54) is 0 Å². The SMILES string of the molecule is C=CCn1c(COc2c(C)cccc2C)n[nH]c1=S. The highest BCUT2D eigenvalue weighted by Gasteiger charge is 2.08. The Morgan fingerprint density at radius 3 is 2.74 bits per heavy atom. The van der Waals surface area contributed by atoms with Gasteiger partial charge in [0.1, 0.15) is 12.4 Å². The van der Waals surface area contributed by atoms with Crippen LogP contribution in [0.15, 0.2) is 30.9 Å². The average molecular weight is 275 g/mol. The van der Waals surface area contributed by atoms with E-state index in [-0.39, 0.29) is 0 Å². The van der Waals surface area contributed by atoms with Crippen molar-refractivity contribution >= 4 is 12.2 Å². The number of H-pyrrole nitrogens is 1. The van der Waals surface area contributed by atoms with Crippen molar-refractivity contribution in [1.82, 2.24) is 14.8 Å². The molecule has 0 saturated heterocycles. The molecule has 2 rings (SSSR count). The Morgan fingerprint density at radius 2 is 2.11 bits per heavy atom. The van der Waals surface area contributed by atoms with E-state index in [1.54, 1.807) is 6.08 Å². The lowest BCUT2D eigenvalue weighted by Gasteiger charge is -2.11. The summed E-state index contributed by atoms with van der Waals surface area (Å²) in [6, 6.07) is 6.08. The molecule has 0 radical (unpaired) electrons. The molecule has 4 nitrogen and oxygen atoms in total. The quantitative estimate of drug-likeness (QED) is 0.672. The molecule has 0 bridgehead atoms. The first-order valence-corrected chi connectivity index (χ1v) is 6.48. The van der Waals surface area contributed by atoms with Gasteiger partial charge in [-0.25, -0.2) is 0 Å². The molecule has 0 aliphatic carbocycles. The van der Waals surface area contributed by atoms with Crippen molar-refractivity contribution in [3.05, 3.63) is 52.6 Å². The van der Waals surface area contributed by atoms with E-state index < -0.39 is 0 Å². The summed E-state index contributed by atoms with van der Waals surface area (Å²) in [4.78, 5) is 0. The number of para-hydroxylation sites is 1. The summed E-state index contributed by atoms with van der Waals surface area (Å²) in [5.74, 6) is 1.68. The fourth-order valence-electron chi connectivity index (χ4n) is 1.94. The first-order chi connectivity index (χ1) is 9.13. The van der Waals surface area contributed by atoms with Crippen LogP contribution in [0, 0.1) is 18.6 Å². The van der Waals surface area contributed by atoms with Gasteiger partial charge in [-0.1, -0.05) is 24.3 Å². The number of ether oxygens (including phenoxy) is 1. The van der Waals surface area contributed by atoms with Crippen LogP contribution in [0.1, 0.15) is 17.0 Å². The highest BCUT2D eigenvalue weighted by atomic mass is 32.1. The number of benzene rings is 1. The van der Waals surface area contributed by atoms with Crippen LogP contribution >= 0.6 is 12.2 Å². The molecule has 1 aromatic heterocycles. The first kappa shape index (κ1) is 13.5. The van der Waals surface area contributed by atoms with Gasteiger partial charge in [0.2, 0.25) is 0 Å². The number of aromatic nitrogens is 3. The van der Waals surface area contributed by atoms with Gasteiger partial charge in [-0.2, -0.15) is 5.10 Å². The van der Waals surface area contributed by atoms with Gasteiger partial charge < -0.3 is 4.74 Å². The smallest absolute Gasteiger partial charge is 0.195 e. The molecular formula is C14H17N3OS. The fraction of sp³-hybridized carbons (Fsp3) is 0.286. The molecule has 0 fully saturated rings. The van der Waals surface area contributed by atoms with Gasteiger partial charge in [-0.05, 0) is 37.2 Å². The number of nitrogens with one attached hydrogen (secondary N) is 1. The van der Waals surface area contributed by atoms with Crippen molar-refractivity contribution in [2.45, 2.75) is 27.0 Å². The van der Waals surface area contributed by atoms with Crippen LogP contribution in [0.5, 0.6) is 5.75 Å². The van der Waals surface area contributed by atoms with Crippen molar-refractivity contribution in [3.63, 3.8) is 0 Å². The van der Waals surface area contributed by atoms with Crippen molar-refractivity contribution in [2.24, 2.45) is 0 Å². The number of hydrogen-bond acceptors (Lipinski definition) is 3. The minimum atomic E-state index is 0.382. The Morgan fingerprint density at radius 1 is 1.42 bits per heavy atom. The second-order valence-corrected chi connectivity index (χ2v) is 4.74. The summed E-state index contributed by atoms with van der Waals surface area (Å²) in [7, 11) is 0. The highest BCUT2D eigenvalue weighted by Crippen LogP contribution is 2.23. The zero-order chi connectivity index (χ0) is 13.8. The zero-order valence-corrected chi connectivity index (χ0v) is 12.0. The molecule has 0 atom stereocenters. The summed E-state index contributed by atoms with van der Waals surface area (Å²) in [5, 5.41) is 6.96. The standard InChI is InChI=1S/C14H17N3OS/c1-4-8-17-12(15-16-14(17)19)9-18-13-10(2)6-5-7-11(13)3/h4-7H,1,8-9H2,2-3H3,(H,16,19). The lowest BCUT2D eigenvalue weighted by Crippen LogP contribution is -2.07. The van der Waals surface area contributed by atoms with Gasteiger partial charge in [0.15, 0.2) is 10.6 Å². The highest BCUT2D eigenvalue weighted by molar-refractivity contribution is 7.71. The molecule has 0 unspecified atom stereocenters. The van der Waals surface area contributed by atoms with Gasteiger partial charge in [-0.15, -0.1) is 6.58 Å². The predicted octanol–water partition coefficient (Wildman–Crippen LogP) is 3.32. The Balaban J connectivity index is 2.19. The van der Waals surface area contributed by atoms with Crippen LogP contribution in [-0.4, -0.2) is 14.8 Å². The molecular weight excluding hydrogens is 258 g/mol. The van der Waals surface area contributed by atoms with Crippen LogP contribution < -0.4 is 4.74 Å². The third-order valence-electron chi connectivity index (χ3n) is 2.90. The van der Waals surface area contributed by atoms with Gasteiger partial charge in [0, 0.05) is 6.54 Å². The zero-order valence-electron chi connectivity index (χ0n) is 11.1. The predicted molar refractivity (Wildman–Crippen MR) is 77.9 cm³/mol. The van der Waals surface area contributed by atoms with Crippen LogP contribution in [0.3, 0.4) is 0 Å². The second-order valence-electron chi connectivity index (χ2n) is 4.35. The summed E-state index contributed by atoms with van der Waals surface area (Å²) in [6.45, 7) is 8.78. The van der Waals surface area contributed by atoms with E-state index in [2.05, 4.69) is 16.8 Å². The third kappa shape index (κ3) is 2.93. The minimum absolute atomic E-state index is 0.382. The molecule has 0 amide bonds. The Kier molecular flexibility index (Phi) is 4.16. The van der Waals surface area contributed by atoms with Gasteiger partial charge in [-0.3, -0.25) is 9.67 Å². The minimum Gasteiger partial charge on any atom is -0.485 e. The van der Waals surface area contributed by atoms with Crippen molar-refractivity contribution in [2.75, 3.05) is 0 Å². The molecule has 0 spiro atoms. The maximum absolute atomic E-state index is 5.87. The molecule has 2 aromatic rings. The van der Waals surface area contributed by atoms with E-state index in [4.69, 9.17) is 17.0 Å². The Labute approximate surface area is 117 Å². The molecule has 100 valence electrons. The van der Waals surface area contributed by atoms with Crippen molar-refractivity contribution in [3.8, 4) is 5.75 Å². The molecule has 1 heterocycles. The summed E-state index contributed by atoms with van der Waals surface area (Å²) in [5.41, 5.74) is 2.23. The van der Waals surface area contributed by atoms with Gasteiger partial charge in [0.05, 0.1) is 0 Å². The maximum atomic E-state index is 5.87. The van der Waals surface area contributed by atoms with Gasteiger partial charge in [0.25, 0.3) is 0 Å². The van der Waals surface area contributed by atoms with E-state index in [1.807, 2.05) is 36.6 Å². The van der Waals surface area contributed by atoms with Crippen LogP contribution in [0.4, 0.5) is 0 Å².